The van der Waals surface area contributed by atoms with Gasteiger partial charge in [0.2, 0.25) is 5.89 Å². The van der Waals surface area contributed by atoms with Crippen molar-refractivity contribution in [2.45, 2.75) is 27.3 Å². The quantitative estimate of drug-likeness (QED) is 0.719. The maximum atomic E-state index is 5.20. The number of fused-ring (bicyclic) bond motifs is 1. The summed E-state index contributed by atoms with van der Waals surface area (Å²) < 4.78 is 7.13. The first-order valence-corrected chi connectivity index (χ1v) is 8.19. The van der Waals surface area contributed by atoms with Gasteiger partial charge in [0.15, 0.2) is 11.5 Å². The summed E-state index contributed by atoms with van der Waals surface area (Å²) >= 11 is 0. The van der Waals surface area contributed by atoms with Crippen molar-refractivity contribution >= 4 is 11.5 Å². The van der Waals surface area contributed by atoms with E-state index >= 15 is 0 Å². The summed E-state index contributed by atoms with van der Waals surface area (Å²) in [6.45, 7) is 10.4. The van der Waals surface area contributed by atoms with Gasteiger partial charge in [-0.15, -0.1) is 5.10 Å². The first kappa shape index (κ1) is 15.1. The summed E-state index contributed by atoms with van der Waals surface area (Å²) in [6, 6.07) is 4.09. The normalized spacial score (nSPS) is 16.2. The number of aryl methyl sites for hydroxylation is 3. The second-order valence-corrected chi connectivity index (χ2v) is 6.24. The van der Waals surface area contributed by atoms with Crippen molar-refractivity contribution in [2.75, 3.05) is 31.1 Å². The van der Waals surface area contributed by atoms with E-state index < -0.39 is 0 Å². The zero-order chi connectivity index (χ0) is 16.7. The van der Waals surface area contributed by atoms with Crippen molar-refractivity contribution in [3.05, 3.63) is 35.2 Å². The van der Waals surface area contributed by atoms with Crippen molar-refractivity contribution < 1.29 is 4.52 Å². The Labute approximate surface area is 140 Å². The standard InChI is InChI=1S/C16H21N7O/c1-11-12(2)23-14(17-11)4-5-15(19-23)22-8-6-21(7-9-22)10-16-18-13(3)20-24-16/h4-5H,6-10H2,1-3H3. The number of anilines is 1. The molecule has 0 spiro atoms. The number of hydrogen-bond donors (Lipinski definition) is 0. The monoisotopic (exact) mass is 327 g/mol. The van der Waals surface area contributed by atoms with Gasteiger partial charge in [-0.25, -0.2) is 9.50 Å². The van der Waals surface area contributed by atoms with Crippen LogP contribution in [0.25, 0.3) is 5.65 Å². The van der Waals surface area contributed by atoms with Crippen LogP contribution in [0.3, 0.4) is 0 Å². The zero-order valence-corrected chi connectivity index (χ0v) is 14.2. The molecule has 1 fully saturated rings. The number of aromatic nitrogens is 5. The highest BCUT2D eigenvalue weighted by molar-refractivity contribution is 5.48. The topological polar surface area (TPSA) is 75.6 Å². The molecule has 126 valence electrons. The predicted octanol–water partition coefficient (Wildman–Crippen LogP) is 1.36. The van der Waals surface area contributed by atoms with Crippen molar-refractivity contribution in [1.29, 1.82) is 0 Å². The van der Waals surface area contributed by atoms with Crippen LogP contribution in [0.5, 0.6) is 0 Å². The second-order valence-electron chi connectivity index (χ2n) is 6.24. The third-order valence-electron chi connectivity index (χ3n) is 4.55. The van der Waals surface area contributed by atoms with Crippen LogP contribution in [0, 0.1) is 20.8 Å². The van der Waals surface area contributed by atoms with E-state index in [9.17, 15) is 0 Å². The second kappa shape index (κ2) is 5.86. The fraction of sp³-hybridized carbons (Fsp3) is 0.500. The number of imidazole rings is 1. The molecule has 8 nitrogen and oxygen atoms in total. The first-order chi connectivity index (χ1) is 11.6. The van der Waals surface area contributed by atoms with Crippen molar-refractivity contribution in [3.8, 4) is 0 Å². The van der Waals surface area contributed by atoms with Crippen molar-refractivity contribution in [3.63, 3.8) is 0 Å². The SMILES string of the molecule is Cc1noc(CN2CCN(c3ccc4nc(C)c(C)n4n3)CC2)n1. The Balaban J connectivity index is 1.44. The Morgan fingerprint density at radius 2 is 1.83 bits per heavy atom. The lowest BCUT2D eigenvalue weighted by Gasteiger charge is -2.34. The number of rotatable bonds is 3. The highest BCUT2D eigenvalue weighted by Crippen LogP contribution is 2.17. The largest absolute Gasteiger partial charge is 0.353 e. The molecule has 0 N–H and O–H groups in total. The summed E-state index contributed by atoms with van der Waals surface area (Å²) in [7, 11) is 0. The van der Waals surface area contributed by atoms with E-state index in [0.29, 0.717) is 18.3 Å². The Bertz CT molecular complexity index is 861. The molecule has 0 aromatic carbocycles. The summed E-state index contributed by atoms with van der Waals surface area (Å²) in [5, 5.41) is 8.59. The van der Waals surface area contributed by atoms with Gasteiger partial charge in [-0.3, -0.25) is 4.90 Å². The van der Waals surface area contributed by atoms with Gasteiger partial charge in [0, 0.05) is 26.2 Å². The fourth-order valence-electron chi connectivity index (χ4n) is 3.04. The lowest BCUT2D eigenvalue weighted by atomic mass is 10.3. The molecule has 1 aliphatic rings. The van der Waals surface area contributed by atoms with E-state index in [2.05, 4.69) is 37.9 Å². The van der Waals surface area contributed by atoms with Gasteiger partial charge < -0.3 is 9.42 Å². The minimum atomic E-state index is 0.685. The molecule has 0 saturated carbocycles. The van der Waals surface area contributed by atoms with E-state index in [1.54, 1.807) is 0 Å². The number of piperazine rings is 1. The average molecular weight is 327 g/mol. The van der Waals surface area contributed by atoms with Crippen LogP contribution in [-0.2, 0) is 6.54 Å². The van der Waals surface area contributed by atoms with Gasteiger partial charge in [0.1, 0.15) is 5.82 Å². The third kappa shape index (κ3) is 2.73. The summed E-state index contributed by atoms with van der Waals surface area (Å²) in [4.78, 5) is 13.4. The van der Waals surface area contributed by atoms with E-state index in [1.807, 2.05) is 24.4 Å². The molecule has 0 atom stereocenters. The van der Waals surface area contributed by atoms with Gasteiger partial charge in [-0.2, -0.15) is 4.98 Å². The van der Waals surface area contributed by atoms with Gasteiger partial charge in [-0.1, -0.05) is 5.16 Å². The highest BCUT2D eigenvalue weighted by atomic mass is 16.5. The molecule has 24 heavy (non-hydrogen) atoms. The predicted molar refractivity (Wildman–Crippen MR) is 89.0 cm³/mol. The van der Waals surface area contributed by atoms with Crippen molar-refractivity contribution in [1.82, 2.24) is 29.6 Å². The zero-order valence-electron chi connectivity index (χ0n) is 14.2. The van der Waals surface area contributed by atoms with Crippen LogP contribution in [0.4, 0.5) is 5.82 Å². The number of hydrogen-bond acceptors (Lipinski definition) is 7. The van der Waals surface area contributed by atoms with Gasteiger partial charge >= 0.3 is 0 Å². The molecule has 0 radical (unpaired) electrons. The van der Waals surface area contributed by atoms with Crippen LogP contribution in [0.1, 0.15) is 23.1 Å². The molecular weight excluding hydrogens is 306 g/mol. The Morgan fingerprint density at radius 3 is 2.54 bits per heavy atom. The van der Waals surface area contributed by atoms with Gasteiger partial charge in [0.05, 0.1) is 17.9 Å². The first-order valence-electron chi connectivity index (χ1n) is 8.19. The van der Waals surface area contributed by atoms with Gasteiger partial charge in [-0.05, 0) is 32.9 Å². The molecule has 4 heterocycles. The molecule has 1 aliphatic heterocycles. The molecule has 0 amide bonds. The summed E-state index contributed by atoms with van der Waals surface area (Å²) in [5.74, 6) is 2.37. The minimum Gasteiger partial charge on any atom is -0.353 e. The van der Waals surface area contributed by atoms with E-state index in [4.69, 9.17) is 9.62 Å². The molecule has 3 aromatic rings. The van der Waals surface area contributed by atoms with Gasteiger partial charge in [0.25, 0.3) is 0 Å². The molecule has 0 aliphatic carbocycles. The third-order valence-corrected chi connectivity index (χ3v) is 4.55. The number of nitrogens with zero attached hydrogens (tertiary/aromatic N) is 7. The average Bonchev–Trinajstić information content (AvgIpc) is 3.12. The maximum Gasteiger partial charge on any atom is 0.240 e. The fourth-order valence-corrected chi connectivity index (χ4v) is 3.04. The molecule has 0 unspecified atom stereocenters. The Kier molecular flexibility index (Phi) is 3.68. The molecule has 3 aromatic heterocycles. The highest BCUT2D eigenvalue weighted by Gasteiger charge is 2.20. The minimum absolute atomic E-state index is 0.685. The van der Waals surface area contributed by atoms with E-state index in [0.717, 1.165) is 49.0 Å². The summed E-state index contributed by atoms with van der Waals surface area (Å²) in [5.41, 5.74) is 3.02. The van der Waals surface area contributed by atoms with E-state index in [-0.39, 0.29) is 0 Å². The Morgan fingerprint density at radius 1 is 1.04 bits per heavy atom. The molecule has 8 heteroatoms. The van der Waals surface area contributed by atoms with Crippen LogP contribution in [-0.4, -0.2) is 55.8 Å². The van der Waals surface area contributed by atoms with E-state index in [1.165, 1.54) is 0 Å². The lowest BCUT2D eigenvalue weighted by molar-refractivity contribution is 0.215. The Hall–Kier alpha value is -2.48. The molecule has 1 saturated heterocycles. The maximum absolute atomic E-state index is 5.20. The van der Waals surface area contributed by atoms with Crippen LogP contribution in [0.15, 0.2) is 16.7 Å². The lowest BCUT2D eigenvalue weighted by Crippen LogP contribution is -2.46. The van der Waals surface area contributed by atoms with Crippen LogP contribution in [0.2, 0.25) is 0 Å². The van der Waals surface area contributed by atoms with Crippen LogP contribution >= 0.6 is 0 Å². The summed E-state index contributed by atoms with van der Waals surface area (Å²) in [6.07, 6.45) is 0. The van der Waals surface area contributed by atoms with Crippen molar-refractivity contribution in [2.24, 2.45) is 0 Å². The smallest absolute Gasteiger partial charge is 0.240 e. The molecule has 4 rings (SSSR count). The molecular formula is C16H21N7O. The molecule has 0 bridgehead atoms. The van der Waals surface area contributed by atoms with Crippen LogP contribution < -0.4 is 4.90 Å².